The van der Waals surface area contributed by atoms with Gasteiger partial charge >= 0.3 is 5.97 Å². The number of aromatic carboxylic acids is 1. The lowest BCUT2D eigenvalue weighted by molar-refractivity contribution is 0.0361. The van der Waals surface area contributed by atoms with Gasteiger partial charge in [-0.1, -0.05) is 6.07 Å². The van der Waals surface area contributed by atoms with Crippen molar-refractivity contribution in [2.45, 2.75) is 31.8 Å². The summed E-state index contributed by atoms with van der Waals surface area (Å²) < 4.78 is 5.77. The summed E-state index contributed by atoms with van der Waals surface area (Å²) in [4.78, 5) is 15.5. The molecule has 2 heterocycles. The van der Waals surface area contributed by atoms with Crippen molar-refractivity contribution in [3.05, 3.63) is 41.6 Å². The van der Waals surface area contributed by atoms with Crippen molar-refractivity contribution in [3.63, 3.8) is 0 Å². The summed E-state index contributed by atoms with van der Waals surface area (Å²) >= 11 is 0. The van der Waals surface area contributed by atoms with Crippen LogP contribution >= 0.6 is 0 Å². The minimum atomic E-state index is -0.919. The smallest absolute Gasteiger partial charge is 0.336 e. The quantitative estimate of drug-likeness (QED) is 0.911. The van der Waals surface area contributed by atoms with Crippen molar-refractivity contribution >= 4 is 16.9 Å². The van der Waals surface area contributed by atoms with Crippen molar-refractivity contribution in [2.24, 2.45) is 0 Å². The van der Waals surface area contributed by atoms with Crippen molar-refractivity contribution < 1.29 is 14.6 Å². The molecule has 1 aromatic heterocycles. The number of ether oxygens (including phenoxy) is 1. The molecule has 0 amide bonds. The number of benzene rings is 1. The van der Waals surface area contributed by atoms with Gasteiger partial charge in [0.2, 0.25) is 0 Å². The molecule has 104 valence electrons. The number of hydrogen-bond donors (Lipinski definition) is 1. The Morgan fingerprint density at radius 3 is 2.85 bits per heavy atom. The third kappa shape index (κ3) is 2.27. The molecule has 20 heavy (non-hydrogen) atoms. The molecule has 1 atom stereocenters. The number of carboxylic acid groups (broad SMARTS) is 1. The third-order valence-corrected chi connectivity index (χ3v) is 3.88. The second kappa shape index (κ2) is 4.56. The van der Waals surface area contributed by atoms with Crippen LogP contribution in [0.25, 0.3) is 10.9 Å². The van der Waals surface area contributed by atoms with Crippen LogP contribution < -0.4 is 0 Å². The molecule has 4 nitrogen and oxygen atoms in total. The normalized spacial score (nSPS) is 21.2. The zero-order chi connectivity index (χ0) is 14.3. The van der Waals surface area contributed by atoms with E-state index in [-0.39, 0.29) is 5.60 Å². The maximum absolute atomic E-state index is 11.3. The van der Waals surface area contributed by atoms with E-state index >= 15 is 0 Å². The summed E-state index contributed by atoms with van der Waals surface area (Å²) in [5.41, 5.74) is 2.03. The van der Waals surface area contributed by atoms with E-state index in [1.807, 2.05) is 18.2 Å². The fraction of sp³-hybridized carbons (Fsp3) is 0.375. The Labute approximate surface area is 117 Å². The highest BCUT2D eigenvalue weighted by molar-refractivity contribution is 6.02. The first-order valence-corrected chi connectivity index (χ1v) is 6.72. The van der Waals surface area contributed by atoms with E-state index in [9.17, 15) is 9.90 Å². The summed E-state index contributed by atoms with van der Waals surface area (Å²) in [6.07, 6.45) is 2.48. The molecule has 2 aromatic rings. The van der Waals surface area contributed by atoms with Crippen LogP contribution in [0.1, 0.15) is 42.1 Å². The van der Waals surface area contributed by atoms with Gasteiger partial charge in [0.05, 0.1) is 23.3 Å². The Balaban J connectivity index is 2.06. The molecular weight excluding hydrogens is 254 g/mol. The standard InChI is InChI=1S/C16H17NO3/c1-16(2)8-11(9-20-16)10-3-4-14-13(7-10)12(15(18)19)5-6-17-14/h3-7,11H,8-9H2,1-2H3,(H,18,19). The first-order valence-electron chi connectivity index (χ1n) is 6.72. The van der Waals surface area contributed by atoms with Gasteiger partial charge in [0.1, 0.15) is 0 Å². The molecule has 1 N–H and O–H groups in total. The van der Waals surface area contributed by atoms with Crippen LogP contribution in [0.15, 0.2) is 30.5 Å². The molecule has 1 fully saturated rings. The van der Waals surface area contributed by atoms with Gasteiger partial charge in [0.15, 0.2) is 0 Å². The Morgan fingerprint density at radius 1 is 1.40 bits per heavy atom. The van der Waals surface area contributed by atoms with Gasteiger partial charge < -0.3 is 9.84 Å². The summed E-state index contributed by atoms with van der Waals surface area (Å²) in [7, 11) is 0. The molecule has 0 radical (unpaired) electrons. The summed E-state index contributed by atoms with van der Waals surface area (Å²) in [5, 5.41) is 9.97. The third-order valence-electron chi connectivity index (χ3n) is 3.88. The van der Waals surface area contributed by atoms with Gasteiger partial charge in [-0.05, 0) is 44.0 Å². The lowest BCUT2D eigenvalue weighted by Crippen LogP contribution is -2.16. The molecule has 1 saturated heterocycles. The monoisotopic (exact) mass is 271 g/mol. The Hall–Kier alpha value is -1.94. The van der Waals surface area contributed by atoms with E-state index in [1.165, 1.54) is 6.20 Å². The molecule has 1 aliphatic heterocycles. The highest BCUT2D eigenvalue weighted by atomic mass is 16.5. The number of carboxylic acids is 1. The van der Waals surface area contributed by atoms with Crippen LogP contribution in [0.3, 0.4) is 0 Å². The first-order chi connectivity index (χ1) is 9.46. The van der Waals surface area contributed by atoms with Crippen molar-refractivity contribution in [1.82, 2.24) is 4.98 Å². The summed E-state index contributed by atoms with van der Waals surface area (Å²) in [5.74, 6) is -0.603. The maximum Gasteiger partial charge on any atom is 0.336 e. The first kappa shape index (κ1) is 13.1. The van der Waals surface area contributed by atoms with Crippen LogP contribution in [0.4, 0.5) is 0 Å². The lowest BCUT2D eigenvalue weighted by Gasteiger charge is -2.16. The minimum absolute atomic E-state index is 0.107. The highest BCUT2D eigenvalue weighted by Crippen LogP contribution is 2.37. The predicted octanol–water partition coefficient (Wildman–Crippen LogP) is 3.22. The Morgan fingerprint density at radius 2 is 2.20 bits per heavy atom. The van der Waals surface area contributed by atoms with Crippen LogP contribution in [-0.2, 0) is 4.74 Å². The molecular formula is C16H17NO3. The molecule has 1 aliphatic rings. The summed E-state index contributed by atoms with van der Waals surface area (Å²) in [6, 6.07) is 7.41. The van der Waals surface area contributed by atoms with Crippen LogP contribution in [0, 0.1) is 0 Å². The van der Waals surface area contributed by atoms with Gasteiger partial charge in [-0.25, -0.2) is 4.79 Å². The van der Waals surface area contributed by atoms with Crippen molar-refractivity contribution in [2.75, 3.05) is 6.61 Å². The van der Waals surface area contributed by atoms with E-state index in [4.69, 9.17) is 4.74 Å². The fourth-order valence-electron chi connectivity index (χ4n) is 2.86. The Kier molecular flexibility index (Phi) is 2.98. The largest absolute Gasteiger partial charge is 0.478 e. The highest BCUT2D eigenvalue weighted by Gasteiger charge is 2.32. The van der Waals surface area contributed by atoms with Crippen LogP contribution in [-0.4, -0.2) is 28.3 Å². The molecule has 4 heteroatoms. The number of hydrogen-bond acceptors (Lipinski definition) is 3. The number of aromatic nitrogens is 1. The second-order valence-electron chi connectivity index (χ2n) is 5.91. The van der Waals surface area contributed by atoms with Gasteiger partial charge in [-0.3, -0.25) is 4.98 Å². The van der Waals surface area contributed by atoms with E-state index in [1.54, 1.807) is 6.07 Å². The predicted molar refractivity (Wildman–Crippen MR) is 76.1 cm³/mol. The molecule has 1 unspecified atom stereocenters. The second-order valence-corrected chi connectivity index (χ2v) is 5.91. The van der Waals surface area contributed by atoms with E-state index < -0.39 is 5.97 Å². The van der Waals surface area contributed by atoms with Gasteiger partial charge in [-0.2, -0.15) is 0 Å². The number of nitrogens with zero attached hydrogens (tertiary/aromatic N) is 1. The van der Waals surface area contributed by atoms with E-state index in [2.05, 4.69) is 18.8 Å². The molecule has 1 aromatic carbocycles. The molecule has 3 rings (SSSR count). The lowest BCUT2D eigenvalue weighted by atomic mass is 9.90. The molecule has 0 spiro atoms. The molecule has 0 aliphatic carbocycles. The molecule has 0 saturated carbocycles. The Bertz CT molecular complexity index is 678. The van der Waals surface area contributed by atoms with Crippen molar-refractivity contribution in [3.8, 4) is 0 Å². The van der Waals surface area contributed by atoms with Gasteiger partial charge in [0.25, 0.3) is 0 Å². The number of fused-ring (bicyclic) bond motifs is 1. The van der Waals surface area contributed by atoms with Crippen molar-refractivity contribution in [1.29, 1.82) is 0 Å². The zero-order valence-electron chi connectivity index (χ0n) is 11.6. The number of carbonyl (C=O) groups is 1. The van der Waals surface area contributed by atoms with Gasteiger partial charge in [-0.15, -0.1) is 0 Å². The molecule has 0 bridgehead atoms. The summed E-state index contributed by atoms with van der Waals surface area (Å²) in [6.45, 7) is 4.84. The van der Waals surface area contributed by atoms with Gasteiger partial charge in [0, 0.05) is 17.5 Å². The zero-order valence-corrected chi connectivity index (χ0v) is 11.6. The van der Waals surface area contributed by atoms with E-state index in [0.717, 1.165) is 12.0 Å². The maximum atomic E-state index is 11.3. The minimum Gasteiger partial charge on any atom is -0.478 e. The number of rotatable bonds is 2. The average Bonchev–Trinajstić information content (AvgIpc) is 2.77. The topological polar surface area (TPSA) is 59.4 Å². The van der Waals surface area contributed by atoms with E-state index in [0.29, 0.717) is 29.0 Å². The SMILES string of the molecule is CC1(C)CC(c2ccc3nccc(C(=O)O)c3c2)CO1. The van der Waals surface area contributed by atoms with Crippen LogP contribution in [0.2, 0.25) is 0 Å². The number of pyridine rings is 1. The van der Waals surface area contributed by atoms with Crippen LogP contribution in [0.5, 0.6) is 0 Å². The average molecular weight is 271 g/mol. The fourth-order valence-corrected chi connectivity index (χ4v) is 2.86.